The second-order valence-corrected chi connectivity index (χ2v) is 7.94. The average Bonchev–Trinajstić information content (AvgIpc) is 2.99. The van der Waals surface area contributed by atoms with Crippen molar-refractivity contribution in [3.63, 3.8) is 0 Å². The van der Waals surface area contributed by atoms with Gasteiger partial charge in [-0.1, -0.05) is 11.8 Å². The van der Waals surface area contributed by atoms with Crippen molar-refractivity contribution in [1.29, 1.82) is 0 Å². The Morgan fingerprint density at radius 1 is 1.20 bits per heavy atom. The molecule has 0 aliphatic heterocycles. The molecule has 25 heavy (non-hydrogen) atoms. The Hall–Kier alpha value is -2.43. The number of aromatic nitrogens is 6. The summed E-state index contributed by atoms with van der Waals surface area (Å²) in [5, 5.41) is 11.3. The molecule has 0 radical (unpaired) electrons. The number of nitrogens with zero attached hydrogens (tertiary/aromatic N) is 6. The molecule has 0 bridgehead atoms. The minimum atomic E-state index is -0.714. The van der Waals surface area contributed by atoms with Crippen LogP contribution in [0.4, 0.5) is 5.82 Å². The molecule has 1 unspecified atom stereocenters. The average molecular weight is 367 g/mol. The smallest absolute Gasteiger partial charge is 0.332 e. The fourth-order valence-electron chi connectivity index (χ4n) is 2.18. The molecular formula is C14H21N7O3S. The van der Waals surface area contributed by atoms with Crippen LogP contribution in [0, 0.1) is 0 Å². The van der Waals surface area contributed by atoms with Gasteiger partial charge in [0, 0.05) is 14.1 Å². The van der Waals surface area contributed by atoms with Crippen molar-refractivity contribution in [3.05, 3.63) is 26.4 Å². The van der Waals surface area contributed by atoms with Crippen LogP contribution in [0.5, 0.6) is 0 Å². The molecule has 0 saturated heterocycles. The lowest BCUT2D eigenvalue weighted by atomic mass is 10.1. The Morgan fingerprint density at radius 2 is 1.80 bits per heavy atom. The van der Waals surface area contributed by atoms with Gasteiger partial charge in [-0.3, -0.25) is 18.7 Å². The second-order valence-electron chi connectivity index (χ2n) is 6.63. The summed E-state index contributed by atoms with van der Waals surface area (Å²) in [4.78, 5) is 37.0. The number of ketones is 1. The molecule has 0 spiro atoms. The molecule has 2 rings (SSSR count). The zero-order valence-electron chi connectivity index (χ0n) is 15.0. The van der Waals surface area contributed by atoms with Crippen LogP contribution < -0.4 is 17.0 Å². The first-order valence-corrected chi connectivity index (χ1v) is 8.40. The maximum Gasteiger partial charge on any atom is 0.332 e. The number of nitrogens with two attached hydrogens (primary N) is 1. The zero-order valence-corrected chi connectivity index (χ0v) is 15.8. The van der Waals surface area contributed by atoms with E-state index < -0.39 is 22.3 Å². The number of nitrogen functional groups attached to an aromatic ring is 1. The molecule has 11 heteroatoms. The molecular weight excluding hydrogens is 346 g/mol. The predicted octanol–water partition coefficient (Wildman–Crippen LogP) is -0.229. The second kappa shape index (κ2) is 6.47. The highest BCUT2D eigenvalue weighted by Gasteiger charge is 2.28. The lowest BCUT2D eigenvalue weighted by Crippen LogP contribution is -2.42. The van der Waals surface area contributed by atoms with Crippen LogP contribution in [-0.4, -0.2) is 40.4 Å². The molecule has 0 aliphatic rings. The standard InChI is InChI=1S/C14H21N7O3S/c1-7(25-12-16-17-18-21(12)14(2,3)4)9(22)8-10(15)19(5)13(24)20(6)11(8)23/h7H,15H2,1-6H3. The quantitative estimate of drug-likeness (QED) is 0.579. The van der Waals surface area contributed by atoms with E-state index in [-0.39, 0.29) is 16.9 Å². The highest BCUT2D eigenvalue weighted by atomic mass is 32.2. The van der Waals surface area contributed by atoms with E-state index >= 15 is 0 Å². The van der Waals surface area contributed by atoms with Crippen molar-refractivity contribution in [3.8, 4) is 0 Å². The van der Waals surface area contributed by atoms with Gasteiger partial charge in [0.1, 0.15) is 11.4 Å². The van der Waals surface area contributed by atoms with Gasteiger partial charge in [-0.2, -0.15) is 0 Å². The highest BCUT2D eigenvalue weighted by Crippen LogP contribution is 2.27. The SMILES string of the molecule is CC(Sc1nnnn1C(C)(C)C)C(=O)c1c(N)n(C)c(=O)n(C)c1=O. The van der Waals surface area contributed by atoms with E-state index in [0.717, 1.165) is 20.9 Å². The van der Waals surface area contributed by atoms with Crippen molar-refractivity contribution in [2.24, 2.45) is 14.1 Å². The van der Waals surface area contributed by atoms with E-state index in [9.17, 15) is 14.4 Å². The minimum Gasteiger partial charge on any atom is -0.384 e. The minimum absolute atomic E-state index is 0.152. The molecule has 1 atom stereocenters. The first kappa shape index (κ1) is 18.9. The lowest BCUT2D eigenvalue weighted by Gasteiger charge is -2.20. The molecule has 0 amide bonds. The van der Waals surface area contributed by atoms with Gasteiger partial charge in [-0.05, 0) is 38.1 Å². The third kappa shape index (κ3) is 3.36. The van der Waals surface area contributed by atoms with Gasteiger partial charge in [-0.25, -0.2) is 9.48 Å². The Bertz CT molecular complexity index is 935. The molecule has 136 valence electrons. The van der Waals surface area contributed by atoms with E-state index in [1.165, 1.54) is 14.1 Å². The number of hydrogen-bond acceptors (Lipinski definition) is 8. The summed E-state index contributed by atoms with van der Waals surface area (Å²) in [7, 11) is 2.71. The number of tetrazole rings is 1. The summed E-state index contributed by atoms with van der Waals surface area (Å²) in [6.07, 6.45) is 0. The van der Waals surface area contributed by atoms with Crippen molar-refractivity contribution >= 4 is 23.4 Å². The molecule has 0 aliphatic carbocycles. The largest absolute Gasteiger partial charge is 0.384 e. The number of anilines is 1. The Balaban J connectivity index is 2.42. The number of carbonyl (C=O) groups is 1. The van der Waals surface area contributed by atoms with Crippen LogP contribution >= 0.6 is 11.8 Å². The third-order valence-electron chi connectivity index (χ3n) is 3.68. The number of hydrogen-bond donors (Lipinski definition) is 1. The maximum absolute atomic E-state index is 12.8. The van der Waals surface area contributed by atoms with Crippen LogP contribution in [-0.2, 0) is 19.6 Å². The van der Waals surface area contributed by atoms with Gasteiger partial charge in [0.25, 0.3) is 5.56 Å². The van der Waals surface area contributed by atoms with Crippen molar-refractivity contribution < 1.29 is 4.79 Å². The Morgan fingerprint density at radius 3 is 2.36 bits per heavy atom. The number of carbonyl (C=O) groups excluding carboxylic acids is 1. The fourth-order valence-corrected chi connectivity index (χ4v) is 3.21. The highest BCUT2D eigenvalue weighted by molar-refractivity contribution is 8.00. The fraction of sp³-hybridized carbons (Fsp3) is 0.571. The van der Waals surface area contributed by atoms with Crippen molar-refractivity contribution in [2.45, 2.75) is 43.6 Å². The van der Waals surface area contributed by atoms with Crippen LogP contribution in [0.25, 0.3) is 0 Å². The van der Waals surface area contributed by atoms with Gasteiger partial charge in [0.05, 0.1) is 10.8 Å². The molecule has 2 heterocycles. The Labute approximate surface area is 148 Å². The summed E-state index contributed by atoms with van der Waals surface area (Å²) in [6, 6.07) is 0. The first-order valence-electron chi connectivity index (χ1n) is 7.52. The maximum atomic E-state index is 12.8. The van der Waals surface area contributed by atoms with E-state index in [0.29, 0.717) is 5.16 Å². The summed E-state index contributed by atoms with van der Waals surface area (Å²) in [6.45, 7) is 7.43. The topological polar surface area (TPSA) is 131 Å². The summed E-state index contributed by atoms with van der Waals surface area (Å²) < 4.78 is 3.54. The number of rotatable bonds is 4. The summed E-state index contributed by atoms with van der Waals surface area (Å²) in [5.41, 5.74) is 3.97. The molecule has 0 saturated carbocycles. The molecule has 0 fully saturated rings. The molecule has 0 aromatic carbocycles. The van der Waals surface area contributed by atoms with Gasteiger partial charge in [0.2, 0.25) is 5.16 Å². The van der Waals surface area contributed by atoms with Crippen LogP contribution in [0.3, 0.4) is 0 Å². The molecule has 2 aromatic rings. The normalized spacial score (nSPS) is 13.0. The summed E-state index contributed by atoms with van der Waals surface area (Å²) >= 11 is 1.13. The van der Waals surface area contributed by atoms with Crippen molar-refractivity contribution in [2.75, 3.05) is 5.73 Å². The van der Waals surface area contributed by atoms with E-state index in [1.807, 2.05) is 20.8 Å². The molecule has 2 N–H and O–H groups in total. The van der Waals surface area contributed by atoms with E-state index in [4.69, 9.17) is 5.73 Å². The number of Topliss-reactive ketones (excluding diaryl/α,β-unsaturated/α-hetero) is 1. The number of thioether (sulfide) groups is 1. The molecule has 10 nitrogen and oxygen atoms in total. The van der Waals surface area contributed by atoms with E-state index in [2.05, 4.69) is 15.5 Å². The van der Waals surface area contributed by atoms with Crippen molar-refractivity contribution in [1.82, 2.24) is 29.3 Å². The van der Waals surface area contributed by atoms with Gasteiger partial charge >= 0.3 is 5.69 Å². The van der Waals surface area contributed by atoms with Gasteiger partial charge in [-0.15, -0.1) is 5.10 Å². The van der Waals surface area contributed by atoms with Gasteiger partial charge in [0.15, 0.2) is 5.78 Å². The Kier molecular flexibility index (Phi) is 4.89. The summed E-state index contributed by atoms with van der Waals surface area (Å²) in [5.74, 6) is -0.636. The van der Waals surface area contributed by atoms with Crippen LogP contribution in [0.2, 0.25) is 0 Å². The van der Waals surface area contributed by atoms with Crippen LogP contribution in [0.1, 0.15) is 38.1 Å². The molecule has 2 aromatic heterocycles. The monoisotopic (exact) mass is 367 g/mol. The first-order chi connectivity index (χ1) is 11.5. The van der Waals surface area contributed by atoms with Crippen LogP contribution in [0.15, 0.2) is 14.7 Å². The van der Waals surface area contributed by atoms with Gasteiger partial charge < -0.3 is 5.73 Å². The predicted molar refractivity (Wildman–Crippen MR) is 93.8 cm³/mol. The zero-order chi connectivity index (χ0) is 19.1. The van der Waals surface area contributed by atoms with E-state index in [1.54, 1.807) is 11.6 Å². The lowest BCUT2D eigenvalue weighted by molar-refractivity contribution is 0.0991. The third-order valence-corrected chi connectivity index (χ3v) is 4.72.